The number of ether oxygens (including phenoxy) is 2. The number of nitrogens with two attached hydrogens (primary N) is 1. The van der Waals surface area contributed by atoms with Gasteiger partial charge in [0, 0.05) is 24.4 Å². The summed E-state index contributed by atoms with van der Waals surface area (Å²) in [5.74, 6) is 0.857. The molecule has 5 atom stereocenters. The van der Waals surface area contributed by atoms with Crippen molar-refractivity contribution in [2.75, 3.05) is 30.3 Å². The van der Waals surface area contributed by atoms with Crippen LogP contribution in [0.4, 0.5) is 11.8 Å². The van der Waals surface area contributed by atoms with Crippen LogP contribution in [0.25, 0.3) is 21.9 Å². The van der Waals surface area contributed by atoms with Crippen molar-refractivity contribution in [3.8, 4) is 5.75 Å². The number of nitrogen functional groups attached to an aromatic ring is 1. The number of carbonyl (C=O) groups excluding carboxylic acids is 1. The van der Waals surface area contributed by atoms with Crippen LogP contribution in [0.3, 0.4) is 0 Å². The van der Waals surface area contributed by atoms with E-state index in [1.807, 2.05) is 41.0 Å². The molecule has 7 rings (SSSR count). The zero-order valence-corrected chi connectivity index (χ0v) is 27.0. The Balaban J connectivity index is 1.09. The normalized spacial score (nSPS) is 23.8. The maximum absolute atomic E-state index is 14.4. The van der Waals surface area contributed by atoms with E-state index in [0.717, 1.165) is 61.8 Å². The second kappa shape index (κ2) is 12.8. The molecule has 4 aromatic rings. The SMILES string of the molecule is CC(NP(=O)(OCC1CC(C)C(n2cnc3c(N4CCC4)nc(N)nc32)O1)Oc1cccc2ccccc12)C(=O)OC1CCCC1. The molecular weight excluding hydrogens is 609 g/mol. The molecule has 0 radical (unpaired) electrons. The Morgan fingerprint density at radius 1 is 1.13 bits per heavy atom. The van der Waals surface area contributed by atoms with Crippen LogP contribution in [-0.2, 0) is 23.4 Å². The molecule has 3 aliphatic rings. The highest BCUT2D eigenvalue weighted by atomic mass is 31.2. The second-order valence-electron chi connectivity index (χ2n) is 12.5. The van der Waals surface area contributed by atoms with Crippen molar-refractivity contribution >= 4 is 47.4 Å². The Hall–Kier alpha value is -3.77. The van der Waals surface area contributed by atoms with Gasteiger partial charge in [0.25, 0.3) is 0 Å². The predicted octanol–water partition coefficient (Wildman–Crippen LogP) is 5.36. The highest BCUT2D eigenvalue weighted by Crippen LogP contribution is 2.48. The van der Waals surface area contributed by atoms with Crippen LogP contribution in [0.1, 0.15) is 58.6 Å². The number of hydrogen-bond acceptors (Lipinski definition) is 11. The number of aromatic nitrogens is 4. The van der Waals surface area contributed by atoms with Crippen molar-refractivity contribution in [2.24, 2.45) is 5.92 Å². The van der Waals surface area contributed by atoms with Crippen molar-refractivity contribution in [1.82, 2.24) is 24.6 Å². The van der Waals surface area contributed by atoms with Gasteiger partial charge in [-0.2, -0.15) is 15.1 Å². The van der Waals surface area contributed by atoms with Gasteiger partial charge in [0.2, 0.25) is 5.95 Å². The zero-order chi connectivity index (χ0) is 31.8. The van der Waals surface area contributed by atoms with E-state index in [4.69, 9.17) is 24.3 Å². The summed E-state index contributed by atoms with van der Waals surface area (Å²) >= 11 is 0. The Bertz CT molecular complexity index is 1770. The highest BCUT2D eigenvalue weighted by molar-refractivity contribution is 7.52. The van der Waals surface area contributed by atoms with E-state index in [0.29, 0.717) is 23.3 Å². The van der Waals surface area contributed by atoms with E-state index in [1.54, 1.807) is 19.3 Å². The minimum absolute atomic E-state index is 0.0386. The number of nitrogens with zero attached hydrogens (tertiary/aromatic N) is 5. The largest absolute Gasteiger partial charge is 0.461 e. The van der Waals surface area contributed by atoms with Gasteiger partial charge in [0.1, 0.15) is 24.1 Å². The number of imidazole rings is 1. The summed E-state index contributed by atoms with van der Waals surface area (Å²) in [4.78, 5) is 28.7. The number of hydrogen-bond donors (Lipinski definition) is 2. The van der Waals surface area contributed by atoms with Crippen molar-refractivity contribution in [2.45, 2.75) is 76.9 Å². The molecule has 1 aliphatic carbocycles. The monoisotopic (exact) mass is 649 g/mol. The fourth-order valence-electron chi connectivity index (χ4n) is 6.46. The van der Waals surface area contributed by atoms with Gasteiger partial charge >= 0.3 is 13.7 Å². The quantitative estimate of drug-likeness (QED) is 0.159. The number of esters is 1. The molecule has 46 heavy (non-hydrogen) atoms. The average molecular weight is 650 g/mol. The second-order valence-corrected chi connectivity index (χ2v) is 14.2. The maximum atomic E-state index is 14.4. The first-order valence-electron chi connectivity index (χ1n) is 16.1. The van der Waals surface area contributed by atoms with Gasteiger partial charge in [-0.15, -0.1) is 0 Å². The molecule has 14 heteroatoms. The third-order valence-electron chi connectivity index (χ3n) is 8.99. The maximum Gasteiger partial charge on any atom is 0.459 e. The zero-order valence-electron chi connectivity index (χ0n) is 26.1. The van der Waals surface area contributed by atoms with Crippen LogP contribution in [0.5, 0.6) is 5.75 Å². The molecule has 0 spiro atoms. The van der Waals surface area contributed by atoms with Crippen LogP contribution in [0.2, 0.25) is 0 Å². The number of anilines is 2. The number of fused-ring (bicyclic) bond motifs is 2. The summed E-state index contributed by atoms with van der Waals surface area (Å²) in [6.07, 6.45) is 6.22. The summed E-state index contributed by atoms with van der Waals surface area (Å²) in [6, 6.07) is 12.2. The molecule has 13 nitrogen and oxygen atoms in total. The van der Waals surface area contributed by atoms with Gasteiger partial charge in [-0.25, -0.2) is 9.55 Å². The summed E-state index contributed by atoms with van der Waals surface area (Å²) < 4.78 is 40.6. The lowest BCUT2D eigenvalue weighted by Crippen LogP contribution is -2.38. The Kier molecular flexibility index (Phi) is 8.58. The van der Waals surface area contributed by atoms with Gasteiger partial charge in [-0.3, -0.25) is 13.9 Å². The molecule has 0 amide bonds. The molecule has 2 aliphatic heterocycles. The van der Waals surface area contributed by atoms with Crippen LogP contribution < -0.4 is 20.2 Å². The van der Waals surface area contributed by atoms with Crippen molar-refractivity contribution < 1.29 is 27.9 Å². The fourth-order valence-corrected chi connectivity index (χ4v) is 8.00. The highest BCUT2D eigenvalue weighted by Gasteiger charge is 2.39. The van der Waals surface area contributed by atoms with E-state index < -0.39 is 32.1 Å². The van der Waals surface area contributed by atoms with Crippen molar-refractivity contribution in [1.29, 1.82) is 0 Å². The standard InChI is InChI=1S/C32H40N7O6P/c1-20-17-24(43-30(20)39-19-34-27-28(38-15-8-16-38)35-32(33)36-29(27)39)18-42-46(41,37-21(2)31(40)44-23-11-4-5-12-23)45-26-14-7-10-22-9-3-6-13-25(22)26/h3,6-7,9-10,13-14,19-21,23-24,30H,4-5,8,11-12,15-18H2,1-2H3,(H,37,41)(H2,33,35,36). The summed E-state index contributed by atoms with van der Waals surface area (Å²) in [6.45, 7) is 5.45. The molecule has 244 valence electrons. The number of carbonyl (C=O) groups is 1. The minimum Gasteiger partial charge on any atom is -0.461 e. The number of nitrogens with one attached hydrogen (secondary N) is 1. The minimum atomic E-state index is -4.11. The van der Waals surface area contributed by atoms with E-state index in [1.165, 1.54) is 0 Å². The van der Waals surface area contributed by atoms with Gasteiger partial charge in [0.05, 0.1) is 19.0 Å². The molecule has 3 N–H and O–H groups in total. The Morgan fingerprint density at radius 3 is 2.70 bits per heavy atom. The summed E-state index contributed by atoms with van der Waals surface area (Å²) in [5.41, 5.74) is 7.38. The van der Waals surface area contributed by atoms with E-state index in [9.17, 15) is 9.36 Å². The van der Waals surface area contributed by atoms with Crippen molar-refractivity contribution in [3.05, 3.63) is 48.8 Å². The molecule has 1 saturated carbocycles. The smallest absolute Gasteiger partial charge is 0.459 e. The molecule has 4 heterocycles. The van der Waals surface area contributed by atoms with Gasteiger partial charge in [-0.05, 0) is 56.9 Å². The van der Waals surface area contributed by atoms with Gasteiger partial charge in [0.15, 0.2) is 17.0 Å². The average Bonchev–Trinajstić information content (AvgIpc) is 3.76. The Labute approximate surface area is 267 Å². The lowest BCUT2D eigenvalue weighted by Gasteiger charge is -2.32. The molecule has 2 saturated heterocycles. The molecule has 0 bridgehead atoms. The molecular formula is C32H40N7O6P. The van der Waals surface area contributed by atoms with Crippen molar-refractivity contribution in [3.63, 3.8) is 0 Å². The summed E-state index contributed by atoms with van der Waals surface area (Å²) in [7, 11) is -4.11. The number of rotatable bonds is 11. The van der Waals surface area contributed by atoms with Gasteiger partial charge in [-0.1, -0.05) is 43.3 Å². The first kappa shape index (κ1) is 30.9. The first-order valence-corrected chi connectivity index (χ1v) is 17.6. The number of benzene rings is 2. The lowest BCUT2D eigenvalue weighted by molar-refractivity contribution is -0.150. The van der Waals surface area contributed by atoms with E-state index in [2.05, 4.69) is 31.9 Å². The third-order valence-corrected chi connectivity index (χ3v) is 10.6. The van der Waals surface area contributed by atoms with Crippen LogP contribution in [-0.4, -0.2) is 63.4 Å². The third kappa shape index (κ3) is 6.29. The lowest BCUT2D eigenvalue weighted by atomic mass is 10.1. The van der Waals surface area contributed by atoms with Crippen LogP contribution >= 0.6 is 7.75 Å². The van der Waals surface area contributed by atoms with E-state index in [-0.39, 0.29) is 24.6 Å². The van der Waals surface area contributed by atoms with Crippen LogP contribution in [0.15, 0.2) is 48.8 Å². The molecule has 3 fully saturated rings. The molecule has 5 unspecified atom stereocenters. The summed E-state index contributed by atoms with van der Waals surface area (Å²) in [5, 5.41) is 4.54. The molecule has 2 aromatic heterocycles. The topological polar surface area (TPSA) is 156 Å². The predicted molar refractivity (Wildman–Crippen MR) is 173 cm³/mol. The first-order chi connectivity index (χ1) is 22.3. The fraction of sp³-hybridized carbons (Fsp3) is 0.500. The van der Waals surface area contributed by atoms with Crippen LogP contribution in [0, 0.1) is 5.92 Å². The van der Waals surface area contributed by atoms with E-state index >= 15 is 0 Å². The molecule has 2 aromatic carbocycles. The van der Waals surface area contributed by atoms with Gasteiger partial charge < -0.3 is 24.6 Å². The Morgan fingerprint density at radius 2 is 1.91 bits per heavy atom.